The van der Waals surface area contributed by atoms with Gasteiger partial charge in [-0.2, -0.15) is 13.2 Å². The van der Waals surface area contributed by atoms with E-state index in [0.717, 1.165) is 25.0 Å². The molecule has 0 aliphatic carbocycles. The van der Waals surface area contributed by atoms with Crippen molar-refractivity contribution in [1.82, 2.24) is 4.90 Å². The molecule has 0 atom stereocenters. The lowest BCUT2D eigenvalue weighted by atomic mass is 10.1. The molecule has 0 bridgehead atoms. The highest BCUT2D eigenvalue weighted by molar-refractivity contribution is 5.94. The largest absolute Gasteiger partial charge is 0.416 e. The smallest absolute Gasteiger partial charge is 0.337 e. The second kappa shape index (κ2) is 7.28. The predicted octanol–water partition coefficient (Wildman–Crippen LogP) is 2.91. The monoisotopic (exact) mass is 288 g/mol. The van der Waals surface area contributed by atoms with Crippen LogP contribution in [-0.4, -0.2) is 30.4 Å². The van der Waals surface area contributed by atoms with Gasteiger partial charge in [-0.1, -0.05) is 19.4 Å². The predicted molar refractivity (Wildman–Crippen MR) is 71.3 cm³/mol. The van der Waals surface area contributed by atoms with E-state index in [1.54, 1.807) is 0 Å². The lowest BCUT2D eigenvalue weighted by molar-refractivity contribution is -0.137. The molecule has 3 nitrogen and oxygen atoms in total. The van der Waals surface area contributed by atoms with E-state index in [-0.39, 0.29) is 12.1 Å². The van der Waals surface area contributed by atoms with E-state index in [9.17, 15) is 18.0 Å². The molecule has 20 heavy (non-hydrogen) atoms. The topological polar surface area (TPSA) is 46.3 Å². The fourth-order valence-electron chi connectivity index (χ4n) is 1.83. The van der Waals surface area contributed by atoms with Gasteiger partial charge in [-0.3, -0.25) is 4.79 Å². The molecule has 0 saturated carbocycles. The van der Waals surface area contributed by atoms with E-state index in [4.69, 9.17) is 5.73 Å². The minimum atomic E-state index is -4.45. The summed E-state index contributed by atoms with van der Waals surface area (Å²) in [5, 5.41) is 0. The number of alkyl halides is 3. The van der Waals surface area contributed by atoms with Crippen LogP contribution >= 0.6 is 0 Å². The van der Waals surface area contributed by atoms with Gasteiger partial charge in [0.2, 0.25) is 0 Å². The average Bonchev–Trinajstić information content (AvgIpc) is 2.42. The second-order valence-corrected chi connectivity index (χ2v) is 4.51. The van der Waals surface area contributed by atoms with Gasteiger partial charge in [0.05, 0.1) is 5.56 Å². The average molecular weight is 288 g/mol. The lowest BCUT2D eigenvalue weighted by Gasteiger charge is -2.22. The van der Waals surface area contributed by atoms with Crippen molar-refractivity contribution in [3.8, 4) is 0 Å². The first kappa shape index (κ1) is 16.5. The first-order valence-corrected chi connectivity index (χ1v) is 6.56. The Morgan fingerprint density at radius 2 is 2.00 bits per heavy atom. The first-order valence-electron chi connectivity index (χ1n) is 6.56. The van der Waals surface area contributed by atoms with Crippen LogP contribution in [0.25, 0.3) is 0 Å². The number of carbonyl (C=O) groups excluding carboxylic acids is 1. The Hall–Kier alpha value is -1.56. The van der Waals surface area contributed by atoms with E-state index < -0.39 is 17.6 Å². The summed E-state index contributed by atoms with van der Waals surface area (Å²) in [5.41, 5.74) is 4.67. The summed E-state index contributed by atoms with van der Waals surface area (Å²) in [7, 11) is 0. The van der Waals surface area contributed by atoms with Crippen molar-refractivity contribution in [3.63, 3.8) is 0 Å². The number of carbonyl (C=O) groups is 1. The van der Waals surface area contributed by atoms with Crippen LogP contribution in [0.3, 0.4) is 0 Å². The summed E-state index contributed by atoms with van der Waals surface area (Å²) in [6, 6.07) is 4.48. The molecule has 0 saturated heterocycles. The Balaban J connectivity index is 2.93. The van der Waals surface area contributed by atoms with Gasteiger partial charge < -0.3 is 10.6 Å². The molecule has 0 spiro atoms. The number of amides is 1. The molecular weight excluding hydrogens is 269 g/mol. The number of hydrogen-bond acceptors (Lipinski definition) is 2. The zero-order valence-corrected chi connectivity index (χ0v) is 11.4. The zero-order valence-electron chi connectivity index (χ0n) is 11.4. The Bertz CT molecular complexity index is 446. The number of nitrogens with two attached hydrogens (primary N) is 1. The molecule has 1 aromatic rings. The van der Waals surface area contributed by atoms with Crippen LogP contribution < -0.4 is 5.73 Å². The molecule has 1 aromatic carbocycles. The van der Waals surface area contributed by atoms with E-state index in [0.29, 0.717) is 13.1 Å². The van der Waals surface area contributed by atoms with Crippen molar-refractivity contribution in [2.24, 2.45) is 5.73 Å². The third-order valence-electron chi connectivity index (χ3n) is 2.90. The maximum Gasteiger partial charge on any atom is 0.416 e. The highest BCUT2D eigenvalue weighted by Crippen LogP contribution is 2.29. The highest BCUT2D eigenvalue weighted by Gasteiger charge is 2.31. The van der Waals surface area contributed by atoms with Crippen LogP contribution in [0, 0.1) is 0 Å². The second-order valence-electron chi connectivity index (χ2n) is 4.51. The SMILES string of the molecule is CCCCN(CCN)C(=O)c1cccc(C(F)(F)F)c1. The first-order chi connectivity index (χ1) is 9.40. The maximum atomic E-state index is 12.6. The van der Waals surface area contributed by atoms with Gasteiger partial charge in [0, 0.05) is 25.2 Å². The van der Waals surface area contributed by atoms with Crippen molar-refractivity contribution in [2.75, 3.05) is 19.6 Å². The summed E-state index contributed by atoms with van der Waals surface area (Å²) >= 11 is 0. The summed E-state index contributed by atoms with van der Waals surface area (Å²) in [6.07, 6.45) is -2.75. The molecule has 0 aromatic heterocycles. The van der Waals surface area contributed by atoms with Crippen LogP contribution in [-0.2, 0) is 6.18 Å². The van der Waals surface area contributed by atoms with E-state index in [1.807, 2.05) is 6.92 Å². The molecule has 0 radical (unpaired) electrons. The van der Waals surface area contributed by atoms with Gasteiger partial charge in [-0.15, -0.1) is 0 Å². The van der Waals surface area contributed by atoms with Crippen molar-refractivity contribution in [1.29, 1.82) is 0 Å². The van der Waals surface area contributed by atoms with Gasteiger partial charge in [0.1, 0.15) is 0 Å². The van der Waals surface area contributed by atoms with E-state index >= 15 is 0 Å². The fourth-order valence-corrected chi connectivity index (χ4v) is 1.83. The number of unbranched alkanes of at least 4 members (excludes halogenated alkanes) is 1. The molecule has 1 amide bonds. The number of halogens is 3. The van der Waals surface area contributed by atoms with Gasteiger partial charge in [-0.25, -0.2) is 0 Å². The normalized spacial score (nSPS) is 11.4. The quantitative estimate of drug-likeness (QED) is 0.875. The Kier molecular flexibility index (Phi) is 6.01. The zero-order chi connectivity index (χ0) is 15.2. The maximum absolute atomic E-state index is 12.6. The van der Waals surface area contributed by atoms with Crippen molar-refractivity contribution in [2.45, 2.75) is 25.9 Å². The molecule has 112 valence electrons. The van der Waals surface area contributed by atoms with Gasteiger partial charge >= 0.3 is 6.18 Å². The number of rotatable bonds is 6. The van der Waals surface area contributed by atoms with Crippen LogP contribution in [0.15, 0.2) is 24.3 Å². The summed E-state index contributed by atoms with van der Waals surface area (Å²) in [5.74, 6) is -0.407. The Labute approximate surface area is 116 Å². The molecular formula is C14H19F3N2O. The standard InChI is InChI=1S/C14H19F3N2O/c1-2-3-8-19(9-7-18)13(20)11-5-4-6-12(10-11)14(15,16)17/h4-6,10H,2-3,7-9,18H2,1H3. The van der Waals surface area contributed by atoms with E-state index in [1.165, 1.54) is 17.0 Å². The van der Waals surface area contributed by atoms with Gasteiger partial charge in [0.15, 0.2) is 0 Å². The van der Waals surface area contributed by atoms with Gasteiger partial charge in [0.25, 0.3) is 5.91 Å². The molecule has 0 fully saturated rings. The Morgan fingerprint density at radius 3 is 2.55 bits per heavy atom. The fraction of sp³-hybridized carbons (Fsp3) is 0.500. The van der Waals surface area contributed by atoms with Crippen LogP contribution in [0.1, 0.15) is 35.7 Å². The molecule has 6 heteroatoms. The molecule has 0 unspecified atom stereocenters. The molecule has 2 N–H and O–H groups in total. The third kappa shape index (κ3) is 4.52. The summed E-state index contributed by atoms with van der Waals surface area (Å²) in [4.78, 5) is 13.7. The molecule has 0 aliphatic heterocycles. The molecule has 0 heterocycles. The lowest BCUT2D eigenvalue weighted by Crippen LogP contribution is -2.36. The minimum Gasteiger partial charge on any atom is -0.337 e. The minimum absolute atomic E-state index is 0.0457. The van der Waals surface area contributed by atoms with E-state index in [2.05, 4.69) is 0 Å². The van der Waals surface area contributed by atoms with Crippen molar-refractivity contribution in [3.05, 3.63) is 35.4 Å². The van der Waals surface area contributed by atoms with Gasteiger partial charge in [-0.05, 0) is 24.6 Å². The van der Waals surface area contributed by atoms with Crippen LogP contribution in [0.2, 0.25) is 0 Å². The number of nitrogens with zero attached hydrogens (tertiary/aromatic N) is 1. The molecule has 0 aliphatic rings. The van der Waals surface area contributed by atoms with Crippen LogP contribution in [0.4, 0.5) is 13.2 Å². The number of hydrogen-bond donors (Lipinski definition) is 1. The van der Waals surface area contributed by atoms with Crippen LogP contribution in [0.5, 0.6) is 0 Å². The van der Waals surface area contributed by atoms with Crippen molar-refractivity contribution >= 4 is 5.91 Å². The highest BCUT2D eigenvalue weighted by atomic mass is 19.4. The van der Waals surface area contributed by atoms with Crippen molar-refractivity contribution < 1.29 is 18.0 Å². The molecule has 1 rings (SSSR count). The summed E-state index contributed by atoms with van der Waals surface area (Å²) in [6.45, 7) is 3.11. The number of benzene rings is 1. The third-order valence-corrected chi connectivity index (χ3v) is 2.90. The summed E-state index contributed by atoms with van der Waals surface area (Å²) < 4.78 is 37.9. The Morgan fingerprint density at radius 1 is 1.30 bits per heavy atom.